The molecule has 0 spiro atoms. The predicted molar refractivity (Wildman–Crippen MR) is 141 cm³/mol. The quantitative estimate of drug-likeness (QED) is 0.216. The summed E-state index contributed by atoms with van der Waals surface area (Å²) in [5.74, 6) is -1.19. The van der Waals surface area contributed by atoms with Gasteiger partial charge in [-0.25, -0.2) is 13.1 Å². The third-order valence-electron chi connectivity index (χ3n) is 6.79. The Morgan fingerprint density at radius 2 is 1.85 bits per heavy atom. The standard InChI is InChI=1S/C27H25BF2N2O6S/c1-31-27(33)25-21-12-20(16-3-4-16)18(11-24(21)38-26(25)17-5-7-19(29)8-6-17)14-32(39(36)37)13-15-2-9-22(28(34)35)23(30)10-15/h2,5-12,16,34-35H,3-4,13-14H2,1H3,(H,31,33)(H,36,37)/p-1. The molecule has 0 saturated heterocycles. The molecule has 1 aromatic heterocycles. The van der Waals surface area contributed by atoms with Gasteiger partial charge in [-0.3, -0.25) is 9.00 Å². The number of carbonyl (C=O) groups excluding carboxylic acids is 1. The van der Waals surface area contributed by atoms with E-state index in [9.17, 15) is 32.4 Å². The Kier molecular flexibility index (Phi) is 7.65. The molecule has 1 fully saturated rings. The van der Waals surface area contributed by atoms with E-state index < -0.39 is 30.0 Å². The number of amides is 1. The van der Waals surface area contributed by atoms with Gasteiger partial charge in [-0.2, -0.15) is 0 Å². The summed E-state index contributed by atoms with van der Waals surface area (Å²) in [5, 5.41) is 21.7. The van der Waals surface area contributed by atoms with Crippen molar-refractivity contribution < 1.29 is 36.8 Å². The van der Waals surface area contributed by atoms with E-state index in [4.69, 9.17) is 4.42 Å². The second-order valence-electron chi connectivity index (χ2n) is 9.46. The van der Waals surface area contributed by atoms with Gasteiger partial charge in [0.1, 0.15) is 23.0 Å². The van der Waals surface area contributed by atoms with Crippen LogP contribution < -0.4 is 10.8 Å². The first-order valence-corrected chi connectivity index (χ1v) is 13.3. The Labute approximate surface area is 225 Å². The highest BCUT2D eigenvalue weighted by Gasteiger charge is 2.30. The first kappa shape index (κ1) is 27.2. The van der Waals surface area contributed by atoms with Crippen molar-refractivity contribution in [2.75, 3.05) is 7.05 Å². The molecule has 1 unspecified atom stereocenters. The fourth-order valence-electron chi connectivity index (χ4n) is 4.70. The summed E-state index contributed by atoms with van der Waals surface area (Å²) in [6.07, 6.45) is 1.82. The predicted octanol–water partition coefficient (Wildman–Crippen LogP) is 3.09. The van der Waals surface area contributed by atoms with E-state index in [0.29, 0.717) is 33.2 Å². The van der Waals surface area contributed by atoms with Crippen molar-refractivity contribution in [1.29, 1.82) is 0 Å². The number of fused-ring (bicyclic) bond motifs is 1. The molecular weight excluding hydrogens is 529 g/mol. The van der Waals surface area contributed by atoms with Gasteiger partial charge < -0.3 is 24.3 Å². The largest absolute Gasteiger partial charge is 0.760 e. The third-order valence-corrected chi connectivity index (χ3v) is 7.47. The molecule has 3 aromatic carbocycles. The molecule has 1 aliphatic carbocycles. The van der Waals surface area contributed by atoms with E-state index in [2.05, 4.69) is 5.32 Å². The van der Waals surface area contributed by atoms with E-state index in [1.165, 1.54) is 43.4 Å². The minimum atomic E-state index is -2.67. The van der Waals surface area contributed by atoms with E-state index in [-0.39, 0.29) is 36.1 Å². The number of nitrogens with one attached hydrogen (secondary N) is 1. The lowest BCUT2D eigenvalue weighted by molar-refractivity contribution is 0.0964. The van der Waals surface area contributed by atoms with E-state index in [1.54, 1.807) is 6.07 Å². The topological polar surface area (TPSA) is 126 Å². The average molecular weight is 553 g/mol. The Hall–Kier alpha value is -3.42. The van der Waals surface area contributed by atoms with Crippen LogP contribution in [0.1, 0.15) is 45.8 Å². The number of hydrogen-bond donors (Lipinski definition) is 3. The van der Waals surface area contributed by atoms with Gasteiger partial charge in [0.2, 0.25) is 0 Å². The summed E-state index contributed by atoms with van der Waals surface area (Å²) < 4.78 is 59.4. The Morgan fingerprint density at radius 1 is 1.13 bits per heavy atom. The lowest BCUT2D eigenvalue weighted by atomic mass is 9.79. The van der Waals surface area contributed by atoms with Crippen LogP contribution in [0.4, 0.5) is 8.78 Å². The molecule has 202 valence electrons. The lowest BCUT2D eigenvalue weighted by Gasteiger charge is -2.25. The molecule has 3 N–H and O–H groups in total. The smallest absolute Gasteiger partial charge is 0.491 e. The first-order valence-electron chi connectivity index (χ1n) is 12.2. The van der Waals surface area contributed by atoms with Gasteiger partial charge in [-0.15, -0.1) is 0 Å². The molecule has 39 heavy (non-hydrogen) atoms. The second-order valence-corrected chi connectivity index (χ2v) is 10.4. The molecule has 1 atom stereocenters. The van der Waals surface area contributed by atoms with Crippen LogP contribution in [-0.4, -0.2) is 43.2 Å². The molecule has 12 heteroatoms. The first-order chi connectivity index (χ1) is 18.7. The molecule has 8 nitrogen and oxygen atoms in total. The summed E-state index contributed by atoms with van der Waals surface area (Å²) in [6, 6.07) is 12.8. The molecule has 5 rings (SSSR count). The maximum Gasteiger partial charge on any atom is 0.491 e. The van der Waals surface area contributed by atoms with Crippen LogP contribution in [0, 0.1) is 11.6 Å². The van der Waals surface area contributed by atoms with Crippen LogP contribution >= 0.6 is 0 Å². The Bertz CT molecular complexity index is 1570. The zero-order valence-electron chi connectivity index (χ0n) is 20.8. The Morgan fingerprint density at radius 3 is 2.44 bits per heavy atom. The van der Waals surface area contributed by atoms with Crippen molar-refractivity contribution >= 4 is 40.7 Å². The monoisotopic (exact) mass is 553 g/mol. The highest BCUT2D eigenvalue weighted by Crippen LogP contribution is 2.45. The molecule has 0 bridgehead atoms. The van der Waals surface area contributed by atoms with Crippen LogP contribution in [-0.2, 0) is 24.4 Å². The van der Waals surface area contributed by atoms with Crippen molar-refractivity contribution in [3.05, 3.63) is 88.5 Å². The normalized spacial score (nSPS) is 14.1. The van der Waals surface area contributed by atoms with Gasteiger partial charge in [0.15, 0.2) is 0 Å². The summed E-state index contributed by atoms with van der Waals surface area (Å²) in [7, 11) is -0.478. The zero-order valence-corrected chi connectivity index (χ0v) is 21.6. The van der Waals surface area contributed by atoms with Crippen molar-refractivity contribution in [1.82, 2.24) is 9.62 Å². The number of carbonyl (C=O) groups is 1. The number of rotatable bonds is 9. The highest BCUT2D eigenvalue weighted by atomic mass is 32.2. The van der Waals surface area contributed by atoms with Crippen LogP contribution in [0.25, 0.3) is 22.3 Å². The summed E-state index contributed by atoms with van der Waals surface area (Å²) in [5.41, 5.74) is 2.78. The van der Waals surface area contributed by atoms with Crippen LogP contribution in [0.3, 0.4) is 0 Å². The molecule has 1 heterocycles. The maximum absolute atomic E-state index is 14.3. The molecule has 0 radical (unpaired) electrons. The molecule has 1 aliphatic rings. The fourth-order valence-corrected chi connectivity index (χ4v) is 5.20. The third kappa shape index (κ3) is 5.65. The minimum absolute atomic E-state index is 0.0359. The van der Waals surface area contributed by atoms with Crippen molar-refractivity contribution in [2.45, 2.75) is 31.8 Å². The van der Waals surface area contributed by atoms with Gasteiger partial charge >= 0.3 is 7.12 Å². The zero-order chi connectivity index (χ0) is 27.8. The number of hydrogen-bond acceptors (Lipinski definition) is 6. The van der Waals surface area contributed by atoms with Gasteiger partial charge in [0, 0.05) is 47.8 Å². The van der Waals surface area contributed by atoms with Crippen LogP contribution in [0.5, 0.6) is 0 Å². The Balaban J connectivity index is 1.55. The maximum atomic E-state index is 14.3. The van der Waals surface area contributed by atoms with E-state index in [1.807, 2.05) is 6.07 Å². The van der Waals surface area contributed by atoms with Crippen molar-refractivity contribution in [3.63, 3.8) is 0 Å². The van der Waals surface area contributed by atoms with Crippen LogP contribution in [0.2, 0.25) is 0 Å². The molecule has 1 saturated carbocycles. The summed E-state index contributed by atoms with van der Waals surface area (Å²) in [6.45, 7) is -0.189. The van der Waals surface area contributed by atoms with E-state index >= 15 is 0 Å². The molecule has 0 aliphatic heterocycles. The van der Waals surface area contributed by atoms with Gasteiger partial charge in [-0.1, -0.05) is 12.1 Å². The number of furan rings is 1. The van der Waals surface area contributed by atoms with Crippen molar-refractivity contribution in [3.8, 4) is 11.3 Å². The average Bonchev–Trinajstić information content (AvgIpc) is 3.68. The number of nitrogens with zero attached hydrogens (tertiary/aromatic N) is 1. The molecular formula is C27H24BF2N2O6S-. The number of benzene rings is 3. The minimum Gasteiger partial charge on any atom is -0.760 e. The highest BCUT2D eigenvalue weighted by molar-refractivity contribution is 7.76. The van der Waals surface area contributed by atoms with Gasteiger partial charge in [0.25, 0.3) is 5.91 Å². The van der Waals surface area contributed by atoms with Gasteiger partial charge in [0.05, 0.1) is 5.56 Å². The summed E-state index contributed by atoms with van der Waals surface area (Å²) >= 11 is -2.67. The van der Waals surface area contributed by atoms with E-state index in [0.717, 1.165) is 28.8 Å². The van der Waals surface area contributed by atoms with Crippen LogP contribution in [0.15, 0.2) is 59.0 Å². The molecule has 4 aromatic rings. The molecule has 1 amide bonds. The second kappa shape index (κ2) is 11.0. The van der Waals surface area contributed by atoms with Crippen molar-refractivity contribution in [2.24, 2.45) is 0 Å². The fraction of sp³-hybridized carbons (Fsp3) is 0.222. The lowest BCUT2D eigenvalue weighted by Crippen LogP contribution is -2.33. The SMILES string of the molecule is CNC(=O)c1c(-c2ccc(F)cc2)oc2cc(CN(Cc3ccc(B(O)O)c(F)c3)S(=O)[O-])c(C3CC3)cc12. The number of halogens is 2. The summed E-state index contributed by atoms with van der Waals surface area (Å²) in [4.78, 5) is 12.9. The van der Waals surface area contributed by atoms with Gasteiger partial charge in [-0.05, 0) is 77.9 Å².